The molecule has 0 amide bonds. The van der Waals surface area contributed by atoms with Crippen molar-refractivity contribution < 1.29 is 28.5 Å². The Morgan fingerprint density at radius 1 is 0.634 bits per heavy atom. The van der Waals surface area contributed by atoms with E-state index < -0.39 is 6.16 Å². The lowest BCUT2D eigenvalue weighted by atomic mass is 9.78. The minimum atomic E-state index is -0.798. The van der Waals surface area contributed by atoms with Crippen LogP contribution in [0.2, 0.25) is 0 Å². The zero-order chi connectivity index (χ0) is 29.6. The monoisotopic (exact) mass is 552 g/mol. The van der Waals surface area contributed by atoms with Crippen LogP contribution in [0.5, 0.6) is 23.0 Å². The van der Waals surface area contributed by atoms with Crippen molar-refractivity contribution in [1.82, 2.24) is 0 Å². The number of carbonyl (C=O) groups excluding carboxylic acids is 2. The highest BCUT2D eigenvalue weighted by Gasteiger charge is 2.23. The number of rotatable bonds is 9. The minimum absolute atomic E-state index is 0.248. The molecule has 4 aromatic rings. The van der Waals surface area contributed by atoms with Crippen LogP contribution >= 0.6 is 0 Å². The molecule has 0 aliphatic heterocycles. The molecule has 0 saturated carbocycles. The van der Waals surface area contributed by atoms with Crippen LogP contribution in [0.1, 0.15) is 56.9 Å². The number of carbonyl (C=O) groups is 2. The summed E-state index contributed by atoms with van der Waals surface area (Å²) in [5.74, 6) is 1.89. The second kappa shape index (κ2) is 12.7. The third kappa shape index (κ3) is 6.95. The first kappa shape index (κ1) is 29.4. The molecular formula is C35H36O6. The molecule has 4 aromatic carbocycles. The summed E-state index contributed by atoms with van der Waals surface area (Å²) in [6.45, 7) is 9.70. The average molecular weight is 553 g/mol. The largest absolute Gasteiger partial charge is 0.519 e. The van der Waals surface area contributed by atoms with Crippen LogP contribution in [0.15, 0.2) is 84.9 Å². The van der Waals surface area contributed by atoms with Crippen LogP contribution in [0.3, 0.4) is 0 Å². The number of ether oxygens (including phenoxy) is 4. The van der Waals surface area contributed by atoms with Crippen molar-refractivity contribution in [2.45, 2.75) is 52.9 Å². The fourth-order valence-corrected chi connectivity index (χ4v) is 4.75. The predicted molar refractivity (Wildman–Crippen MR) is 160 cm³/mol. The second-order valence-corrected chi connectivity index (χ2v) is 10.3. The van der Waals surface area contributed by atoms with Gasteiger partial charge in [0, 0.05) is 12.3 Å². The normalized spacial score (nSPS) is 11.1. The number of esters is 1. The third-order valence-corrected chi connectivity index (χ3v) is 7.25. The molecule has 0 spiro atoms. The molecule has 0 atom stereocenters. The van der Waals surface area contributed by atoms with Gasteiger partial charge in [0.2, 0.25) is 0 Å². The molecular weight excluding hydrogens is 516 g/mol. The van der Waals surface area contributed by atoms with Crippen molar-refractivity contribution in [2.24, 2.45) is 0 Å². The summed E-state index contributed by atoms with van der Waals surface area (Å²) >= 11 is 0. The summed E-state index contributed by atoms with van der Waals surface area (Å²) in [6, 6.07) is 26.9. The molecule has 0 heterocycles. The molecule has 0 saturated heterocycles. The second-order valence-electron chi connectivity index (χ2n) is 10.3. The Bertz CT molecular complexity index is 1520. The van der Waals surface area contributed by atoms with E-state index in [2.05, 4.69) is 26.0 Å². The lowest BCUT2D eigenvalue weighted by Crippen LogP contribution is -2.19. The van der Waals surface area contributed by atoms with Crippen LogP contribution in [0.25, 0.3) is 11.1 Å². The molecule has 0 unspecified atom stereocenters. The lowest BCUT2D eigenvalue weighted by Gasteiger charge is -2.26. The van der Waals surface area contributed by atoms with Crippen molar-refractivity contribution in [3.05, 3.63) is 107 Å². The maximum Gasteiger partial charge on any atom is 0.519 e. The highest BCUT2D eigenvalue weighted by atomic mass is 16.7. The SMILES string of the molecule is CCc1cc(-c2ccc(OC(=O)Oc3ccc(C(C)(C)c4ccc(OC)cc4)cc3)c(CC)c2)ccc1OC(C)=O. The number of hydrogen-bond acceptors (Lipinski definition) is 6. The van der Waals surface area contributed by atoms with E-state index in [0.29, 0.717) is 23.7 Å². The standard InChI is InChI=1S/C35H36O6/c1-7-24-21-26(9-19-32(24)39-23(3)36)27-10-20-33(25(8-2)22-27)41-34(37)40-31-17-13-29(14-18-31)35(4,5)28-11-15-30(38-6)16-12-28/h9-22H,7-8H2,1-6H3. The molecule has 212 valence electrons. The fraction of sp³-hybridized carbons (Fsp3) is 0.257. The summed E-state index contributed by atoms with van der Waals surface area (Å²) in [6.07, 6.45) is 0.593. The fourth-order valence-electron chi connectivity index (χ4n) is 4.75. The van der Waals surface area contributed by atoms with Gasteiger partial charge in [-0.3, -0.25) is 4.79 Å². The van der Waals surface area contributed by atoms with E-state index in [9.17, 15) is 9.59 Å². The zero-order valence-electron chi connectivity index (χ0n) is 24.4. The summed E-state index contributed by atoms with van der Waals surface area (Å²) in [4.78, 5) is 24.1. The van der Waals surface area contributed by atoms with Crippen LogP contribution < -0.4 is 18.9 Å². The summed E-state index contributed by atoms with van der Waals surface area (Å²) in [7, 11) is 1.65. The average Bonchev–Trinajstić information content (AvgIpc) is 2.97. The molecule has 0 aliphatic carbocycles. The highest BCUT2D eigenvalue weighted by Crippen LogP contribution is 2.34. The van der Waals surface area contributed by atoms with Gasteiger partial charge in [-0.2, -0.15) is 0 Å². The van der Waals surface area contributed by atoms with Gasteiger partial charge >= 0.3 is 12.1 Å². The molecule has 6 heteroatoms. The maximum absolute atomic E-state index is 12.7. The van der Waals surface area contributed by atoms with Crippen molar-refractivity contribution in [1.29, 1.82) is 0 Å². The Kier molecular flexibility index (Phi) is 9.13. The summed E-state index contributed by atoms with van der Waals surface area (Å²) < 4.78 is 21.7. The van der Waals surface area contributed by atoms with Gasteiger partial charge in [-0.1, -0.05) is 64.1 Å². The zero-order valence-corrected chi connectivity index (χ0v) is 24.4. The lowest BCUT2D eigenvalue weighted by molar-refractivity contribution is -0.131. The summed E-state index contributed by atoms with van der Waals surface area (Å²) in [5, 5.41) is 0. The maximum atomic E-state index is 12.7. The van der Waals surface area contributed by atoms with Gasteiger partial charge in [-0.05, 0) is 94.8 Å². The van der Waals surface area contributed by atoms with Gasteiger partial charge in [0.05, 0.1) is 7.11 Å². The van der Waals surface area contributed by atoms with E-state index in [1.54, 1.807) is 25.3 Å². The molecule has 4 rings (SSSR count). The van der Waals surface area contributed by atoms with E-state index in [1.165, 1.54) is 6.92 Å². The van der Waals surface area contributed by atoms with Crippen LogP contribution in [-0.2, 0) is 23.1 Å². The Morgan fingerprint density at radius 2 is 1.10 bits per heavy atom. The van der Waals surface area contributed by atoms with Crippen molar-refractivity contribution in [3.63, 3.8) is 0 Å². The Balaban J connectivity index is 1.45. The van der Waals surface area contributed by atoms with Gasteiger partial charge in [0.25, 0.3) is 0 Å². The van der Waals surface area contributed by atoms with Crippen LogP contribution in [0, 0.1) is 0 Å². The van der Waals surface area contributed by atoms with E-state index in [4.69, 9.17) is 18.9 Å². The molecule has 0 bridgehead atoms. The highest BCUT2D eigenvalue weighted by molar-refractivity contribution is 5.73. The third-order valence-electron chi connectivity index (χ3n) is 7.25. The molecule has 0 radical (unpaired) electrons. The number of aryl methyl sites for hydroxylation is 2. The van der Waals surface area contributed by atoms with E-state index >= 15 is 0 Å². The number of benzene rings is 4. The Morgan fingerprint density at radius 3 is 1.54 bits per heavy atom. The van der Waals surface area contributed by atoms with Crippen molar-refractivity contribution >= 4 is 12.1 Å². The topological polar surface area (TPSA) is 71.1 Å². The van der Waals surface area contributed by atoms with E-state index in [-0.39, 0.29) is 11.4 Å². The molecule has 41 heavy (non-hydrogen) atoms. The molecule has 0 aliphatic rings. The van der Waals surface area contributed by atoms with Gasteiger partial charge in [0.1, 0.15) is 23.0 Å². The van der Waals surface area contributed by atoms with E-state index in [1.807, 2.05) is 68.4 Å². The Hall–Kier alpha value is -4.58. The van der Waals surface area contributed by atoms with Gasteiger partial charge in [-0.15, -0.1) is 0 Å². The van der Waals surface area contributed by atoms with Gasteiger partial charge < -0.3 is 18.9 Å². The van der Waals surface area contributed by atoms with Crippen LogP contribution in [-0.4, -0.2) is 19.2 Å². The first-order chi connectivity index (χ1) is 19.6. The van der Waals surface area contributed by atoms with Gasteiger partial charge in [-0.25, -0.2) is 4.79 Å². The molecule has 0 fully saturated rings. The van der Waals surface area contributed by atoms with Crippen LogP contribution in [0.4, 0.5) is 4.79 Å². The first-order valence-electron chi connectivity index (χ1n) is 13.7. The van der Waals surface area contributed by atoms with Crippen molar-refractivity contribution in [3.8, 4) is 34.1 Å². The quantitative estimate of drug-likeness (QED) is 0.118. The van der Waals surface area contributed by atoms with Gasteiger partial charge in [0.15, 0.2) is 0 Å². The van der Waals surface area contributed by atoms with E-state index in [0.717, 1.165) is 45.6 Å². The number of methoxy groups -OCH3 is 1. The molecule has 0 N–H and O–H groups in total. The van der Waals surface area contributed by atoms with Crippen molar-refractivity contribution in [2.75, 3.05) is 7.11 Å². The molecule has 6 nitrogen and oxygen atoms in total. The predicted octanol–water partition coefficient (Wildman–Crippen LogP) is 8.32. The smallest absolute Gasteiger partial charge is 0.497 e. The summed E-state index contributed by atoms with van der Waals surface area (Å²) in [5.41, 5.74) is 5.76. The first-order valence-corrected chi connectivity index (χ1v) is 13.7. The Labute approximate surface area is 241 Å². The minimum Gasteiger partial charge on any atom is -0.497 e. The molecule has 0 aromatic heterocycles. The number of hydrogen-bond donors (Lipinski definition) is 0.